The molecule has 0 saturated heterocycles. The molecule has 2 N–H and O–H groups in total. The number of carboxylic acids is 1. The van der Waals surface area contributed by atoms with E-state index in [1.807, 2.05) is 18.2 Å². The predicted molar refractivity (Wildman–Crippen MR) is 74.9 cm³/mol. The van der Waals surface area contributed by atoms with Crippen LogP contribution in [0.2, 0.25) is 0 Å². The minimum absolute atomic E-state index is 0.0249. The molecule has 2 unspecified atom stereocenters. The number of aryl methyl sites for hydroxylation is 1. The van der Waals surface area contributed by atoms with Gasteiger partial charge >= 0.3 is 5.97 Å². The zero-order valence-electron chi connectivity index (χ0n) is 11.1. The molecule has 1 aromatic carbocycles. The van der Waals surface area contributed by atoms with E-state index < -0.39 is 5.97 Å². The number of aromatic carboxylic acids is 1. The molecule has 2 aromatic rings. The monoisotopic (exact) mass is 269 g/mol. The summed E-state index contributed by atoms with van der Waals surface area (Å²) in [6, 6.07) is 12.0. The molecule has 0 radical (unpaired) electrons. The number of aromatic nitrogens is 2. The van der Waals surface area contributed by atoms with E-state index >= 15 is 0 Å². The molecule has 1 aliphatic rings. The maximum Gasteiger partial charge on any atom is 0.354 e. The molecule has 20 heavy (non-hydrogen) atoms. The van der Waals surface area contributed by atoms with Gasteiger partial charge in [-0.2, -0.15) is 0 Å². The molecule has 3 rings (SSSR count). The Morgan fingerprint density at radius 1 is 1.30 bits per heavy atom. The lowest BCUT2D eigenvalue weighted by Crippen LogP contribution is -2.11. The van der Waals surface area contributed by atoms with Gasteiger partial charge in [-0.15, -0.1) is 0 Å². The molecule has 1 aliphatic carbocycles. The molecule has 5 nitrogen and oxygen atoms in total. The van der Waals surface area contributed by atoms with Gasteiger partial charge in [0.1, 0.15) is 0 Å². The molecule has 0 spiro atoms. The summed E-state index contributed by atoms with van der Waals surface area (Å²) in [5, 5.41) is 12.2. The number of hydrogen-bond acceptors (Lipinski definition) is 4. The molecule has 0 aliphatic heterocycles. The van der Waals surface area contributed by atoms with Crippen LogP contribution in [0.15, 0.2) is 36.4 Å². The van der Waals surface area contributed by atoms with E-state index in [4.69, 9.17) is 5.11 Å². The third-order valence-electron chi connectivity index (χ3n) is 3.41. The highest BCUT2D eigenvalue weighted by Gasteiger charge is 2.38. The van der Waals surface area contributed by atoms with Gasteiger partial charge < -0.3 is 10.4 Å². The Morgan fingerprint density at radius 2 is 2.05 bits per heavy atom. The van der Waals surface area contributed by atoms with Crippen LogP contribution < -0.4 is 5.32 Å². The molecule has 1 saturated carbocycles. The number of hydrogen-bond donors (Lipinski definition) is 2. The topological polar surface area (TPSA) is 75.1 Å². The van der Waals surface area contributed by atoms with Gasteiger partial charge in [0.2, 0.25) is 5.95 Å². The summed E-state index contributed by atoms with van der Waals surface area (Å²) in [4.78, 5) is 19.2. The van der Waals surface area contributed by atoms with Crippen molar-refractivity contribution in [3.8, 4) is 0 Å². The highest BCUT2D eigenvalue weighted by Crippen LogP contribution is 2.42. The van der Waals surface area contributed by atoms with Crippen LogP contribution in [-0.2, 0) is 0 Å². The van der Waals surface area contributed by atoms with E-state index in [9.17, 15) is 4.79 Å². The molecule has 0 bridgehead atoms. The Labute approximate surface area is 116 Å². The van der Waals surface area contributed by atoms with Gasteiger partial charge in [0.25, 0.3) is 0 Å². The number of nitrogens with one attached hydrogen (secondary N) is 1. The van der Waals surface area contributed by atoms with E-state index in [-0.39, 0.29) is 11.7 Å². The molecule has 2 atom stereocenters. The number of rotatable bonds is 4. The highest BCUT2D eigenvalue weighted by molar-refractivity contribution is 5.85. The normalized spacial score (nSPS) is 20.4. The average molecular weight is 269 g/mol. The summed E-state index contributed by atoms with van der Waals surface area (Å²) in [5.41, 5.74) is 1.96. The molecule has 1 heterocycles. The first-order chi connectivity index (χ1) is 9.63. The zero-order chi connectivity index (χ0) is 14.1. The summed E-state index contributed by atoms with van der Waals surface area (Å²) < 4.78 is 0. The average Bonchev–Trinajstić information content (AvgIpc) is 3.18. The van der Waals surface area contributed by atoms with E-state index in [2.05, 4.69) is 27.4 Å². The number of anilines is 1. The summed E-state index contributed by atoms with van der Waals surface area (Å²) in [7, 11) is 0. The second-order valence-electron chi connectivity index (χ2n) is 5.03. The lowest BCUT2D eigenvalue weighted by atomic mass is 10.1. The fraction of sp³-hybridized carbons (Fsp3) is 0.267. The van der Waals surface area contributed by atoms with Gasteiger partial charge in [-0.1, -0.05) is 30.3 Å². The minimum atomic E-state index is -1.03. The fourth-order valence-electron chi connectivity index (χ4n) is 2.33. The first-order valence-corrected chi connectivity index (χ1v) is 6.54. The van der Waals surface area contributed by atoms with Crippen LogP contribution in [0.5, 0.6) is 0 Å². The highest BCUT2D eigenvalue weighted by atomic mass is 16.4. The van der Waals surface area contributed by atoms with Crippen molar-refractivity contribution in [2.24, 2.45) is 0 Å². The van der Waals surface area contributed by atoms with Gasteiger partial charge in [-0.25, -0.2) is 14.8 Å². The Kier molecular flexibility index (Phi) is 3.10. The summed E-state index contributed by atoms with van der Waals surface area (Å²) in [5.74, 6) is -0.187. The maximum absolute atomic E-state index is 11.0. The smallest absolute Gasteiger partial charge is 0.354 e. The maximum atomic E-state index is 11.0. The first kappa shape index (κ1) is 12.6. The van der Waals surface area contributed by atoms with Crippen LogP contribution in [0, 0.1) is 6.92 Å². The van der Waals surface area contributed by atoms with E-state index in [1.165, 1.54) is 11.6 Å². The van der Waals surface area contributed by atoms with Crippen molar-refractivity contribution in [3.63, 3.8) is 0 Å². The Hall–Kier alpha value is -2.43. The summed E-state index contributed by atoms with van der Waals surface area (Å²) in [6.45, 7) is 1.76. The molecule has 1 aromatic heterocycles. The Balaban J connectivity index is 1.72. The number of benzene rings is 1. The van der Waals surface area contributed by atoms with Crippen molar-refractivity contribution in [2.75, 3.05) is 5.32 Å². The molecule has 102 valence electrons. The molecular weight excluding hydrogens is 254 g/mol. The molecular formula is C15H15N3O2. The second kappa shape index (κ2) is 4.92. The first-order valence-electron chi connectivity index (χ1n) is 6.54. The summed E-state index contributed by atoms with van der Waals surface area (Å²) >= 11 is 0. The van der Waals surface area contributed by atoms with Crippen LogP contribution >= 0.6 is 0 Å². The summed E-state index contributed by atoms with van der Waals surface area (Å²) in [6.07, 6.45) is 1.02. The van der Waals surface area contributed by atoms with E-state index in [0.717, 1.165) is 6.42 Å². The standard InChI is InChI=1S/C15H15N3O2/c1-9-7-13(14(19)20)18-15(16-9)17-12-8-11(12)10-5-3-2-4-6-10/h2-7,11-12H,8H2,1H3,(H,19,20)(H,16,17,18). The lowest BCUT2D eigenvalue weighted by Gasteiger charge is -2.06. The van der Waals surface area contributed by atoms with Crippen LogP contribution in [0.1, 0.15) is 34.1 Å². The zero-order valence-corrected chi connectivity index (χ0v) is 11.1. The third-order valence-corrected chi connectivity index (χ3v) is 3.41. The Bertz CT molecular complexity index is 643. The number of carbonyl (C=O) groups is 1. The largest absolute Gasteiger partial charge is 0.477 e. The number of carboxylic acid groups (broad SMARTS) is 1. The van der Waals surface area contributed by atoms with Gasteiger partial charge in [0, 0.05) is 17.7 Å². The van der Waals surface area contributed by atoms with Crippen LogP contribution in [0.4, 0.5) is 5.95 Å². The quantitative estimate of drug-likeness (QED) is 0.891. The van der Waals surface area contributed by atoms with Crippen molar-refractivity contribution in [3.05, 3.63) is 53.3 Å². The van der Waals surface area contributed by atoms with Gasteiger partial charge in [0.05, 0.1) is 0 Å². The van der Waals surface area contributed by atoms with Crippen LogP contribution in [-0.4, -0.2) is 27.1 Å². The molecule has 0 amide bonds. The fourth-order valence-corrected chi connectivity index (χ4v) is 2.33. The van der Waals surface area contributed by atoms with E-state index in [1.54, 1.807) is 6.92 Å². The molecule has 5 heteroatoms. The Morgan fingerprint density at radius 3 is 2.75 bits per heavy atom. The number of nitrogens with zero attached hydrogens (tertiary/aromatic N) is 2. The van der Waals surface area contributed by atoms with Crippen molar-refractivity contribution in [2.45, 2.75) is 25.3 Å². The predicted octanol–water partition coefficient (Wildman–Crippen LogP) is 2.45. The van der Waals surface area contributed by atoms with E-state index in [0.29, 0.717) is 17.6 Å². The van der Waals surface area contributed by atoms with Gasteiger partial charge in [-0.05, 0) is 25.0 Å². The van der Waals surface area contributed by atoms with Crippen LogP contribution in [0.3, 0.4) is 0 Å². The minimum Gasteiger partial charge on any atom is -0.477 e. The second-order valence-corrected chi connectivity index (χ2v) is 5.03. The van der Waals surface area contributed by atoms with Crippen molar-refractivity contribution in [1.29, 1.82) is 0 Å². The van der Waals surface area contributed by atoms with Crippen molar-refractivity contribution >= 4 is 11.9 Å². The SMILES string of the molecule is Cc1cc(C(=O)O)nc(NC2CC2c2ccccc2)n1. The third kappa shape index (κ3) is 2.61. The van der Waals surface area contributed by atoms with Crippen LogP contribution in [0.25, 0.3) is 0 Å². The van der Waals surface area contributed by atoms with Gasteiger partial charge in [0.15, 0.2) is 5.69 Å². The lowest BCUT2D eigenvalue weighted by molar-refractivity contribution is 0.0690. The van der Waals surface area contributed by atoms with Crippen molar-refractivity contribution < 1.29 is 9.90 Å². The van der Waals surface area contributed by atoms with Gasteiger partial charge in [-0.3, -0.25) is 0 Å². The molecule has 1 fully saturated rings. The van der Waals surface area contributed by atoms with Crippen molar-refractivity contribution in [1.82, 2.24) is 9.97 Å².